The zero-order chi connectivity index (χ0) is 14.5. The molecule has 2 N–H and O–H groups in total. The van der Waals surface area contributed by atoms with Crippen LogP contribution in [0.5, 0.6) is 0 Å². The van der Waals surface area contributed by atoms with Crippen molar-refractivity contribution in [1.29, 1.82) is 0 Å². The summed E-state index contributed by atoms with van der Waals surface area (Å²) in [6, 6.07) is 8.53. The second kappa shape index (κ2) is 6.75. The summed E-state index contributed by atoms with van der Waals surface area (Å²) < 4.78 is 0. The number of rotatable bonds is 4. The summed E-state index contributed by atoms with van der Waals surface area (Å²) in [7, 11) is 0. The standard InChI is InChI=1S/C16H25N3O/c1-3-14(12-17)16(20)19-9-7-18(8-10-19)15-6-4-5-13(2)11-15/h4-6,11,14H,3,7-10,12,17H2,1-2H3. The van der Waals surface area contributed by atoms with Crippen LogP contribution in [-0.2, 0) is 4.79 Å². The maximum atomic E-state index is 12.3. The average molecular weight is 275 g/mol. The molecule has 0 radical (unpaired) electrons. The van der Waals surface area contributed by atoms with Gasteiger partial charge in [0.05, 0.1) is 5.92 Å². The highest BCUT2D eigenvalue weighted by molar-refractivity contribution is 5.79. The Kier molecular flexibility index (Phi) is 5.01. The van der Waals surface area contributed by atoms with Gasteiger partial charge < -0.3 is 15.5 Å². The molecule has 0 saturated carbocycles. The van der Waals surface area contributed by atoms with Gasteiger partial charge in [0.25, 0.3) is 0 Å². The van der Waals surface area contributed by atoms with Gasteiger partial charge in [-0.1, -0.05) is 19.1 Å². The molecule has 1 saturated heterocycles. The van der Waals surface area contributed by atoms with E-state index < -0.39 is 0 Å². The summed E-state index contributed by atoms with van der Waals surface area (Å²) in [6.45, 7) is 7.97. The molecule has 1 aromatic rings. The first-order valence-electron chi connectivity index (χ1n) is 7.46. The number of carbonyl (C=O) groups excluding carboxylic acids is 1. The lowest BCUT2D eigenvalue weighted by Crippen LogP contribution is -2.51. The maximum Gasteiger partial charge on any atom is 0.227 e. The highest BCUT2D eigenvalue weighted by Crippen LogP contribution is 2.18. The molecule has 1 fully saturated rings. The van der Waals surface area contributed by atoms with E-state index in [9.17, 15) is 4.79 Å². The Morgan fingerprint density at radius 3 is 2.55 bits per heavy atom. The van der Waals surface area contributed by atoms with E-state index in [4.69, 9.17) is 5.73 Å². The quantitative estimate of drug-likeness (QED) is 0.908. The minimum atomic E-state index is -0.0134. The van der Waals surface area contributed by atoms with Gasteiger partial charge in [0, 0.05) is 38.4 Å². The predicted octanol–water partition coefficient (Wildman–Crippen LogP) is 1.63. The van der Waals surface area contributed by atoms with Crippen molar-refractivity contribution in [3.63, 3.8) is 0 Å². The number of aryl methyl sites for hydroxylation is 1. The minimum absolute atomic E-state index is 0.0134. The van der Waals surface area contributed by atoms with Gasteiger partial charge in [0.2, 0.25) is 5.91 Å². The molecule has 1 aromatic carbocycles. The number of nitrogens with two attached hydrogens (primary N) is 1. The molecule has 0 aromatic heterocycles. The second-order valence-electron chi connectivity index (χ2n) is 5.49. The van der Waals surface area contributed by atoms with Gasteiger partial charge in [-0.05, 0) is 31.0 Å². The average Bonchev–Trinajstić information content (AvgIpc) is 2.48. The molecule has 1 aliphatic heterocycles. The summed E-state index contributed by atoms with van der Waals surface area (Å²) in [5.41, 5.74) is 8.19. The lowest BCUT2D eigenvalue weighted by molar-refractivity contribution is -0.135. The zero-order valence-electron chi connectivity index (χ0n) is 12.5. The highest BCUT2D eigenvalue weighted by atomic mass is 16.2. The molecule has 1 amide bonds. The van der Waals surface area contributed by atoms with E-state index in [1.807, 2.05) is 11.8 Å². The summed E-state index contributed by atoms with van der Waals surface area (Å²) >= 11 is 0. The number of hydrogen-bond acceptors (Lipinski definition) is 3. The van der Waals surface area contributed by atoms with E-state index in [1.54, 1.807) is 0 Å². The lowest BCUT2D eigenvalue weighted by Gasteiger charge is -2.37. The van der Waals surface area contributed by atoms with Crippen molar-refractivity contribution in [2.24, 2.45) is 11.7 Å². The Morgan fingerprint density at radius 1 is 1.30 bits per heavy atom. The molecule has 4 nitrogen and oxygen atoms in total. The van der Waals surface area contributed by atoms with Crippen LogP contribution in [0.4, 0.5) is 5.69 Å². The Bertz CT molecular complexity index is 449. The molecule has 4 heteroatoms. The first-order chi connectivity index (χ1) is 9.65. The molecule has 110 valence electrons. The van der Waals surface area contributed by atoms with Crippen molar-refractivity contribution in [2.75, 3.05) is 37.6 Å². The number of carbonyl (C=O) groups is 1. The van der Waals surface area contributed by atoms with Gasteiger partial charge in [-0.15, -0.1) is 0 Å². The molecule has 0 bridgehead atoms. The Hall–Kier alpha value is -1.55. The van der Waals surface area contributed by atoms with E-state index >= 15 is 0 Å². The number of anilines is 1. The van der Waals surface area contributed by atoms with E-state index in [1.165, 1.54) is 11.3 Å². The predicted molar refractivity (Wildman–Crippen MR) is 82.8 cm³/mol. The topological polar surface area (TPSA) is 49.6 Å². The third-order valence-electron chi connectivity index (χ3n) is 4.08. The summed E-state index contributed by atoms with van der Waals surface area (Å²) in [5, 5.41) is 0. The molecule has 1 unspecified atom stereocenters. The van der Waals surface area contributed by atoms with Gasteiger partial charge in [-0.3, -0.25) is 4.79 Å². The molecule has 1 heterocycles. The van der Waals surface area contributed by atoms with E-state index in [0.717, 1.165) is 32.6 Å². The number of amides is 1. The molecule has 2 rings (SSSR count). The fourth-order valence-corrected chi connectivity index (χ4v) is 2.71. The van der Waals surface area contributed by atoms with Gasteiger partial charge in [0.15, 0.2) is 0 Å². The second-order valence-corrected chi connectivity index (χ2v) is 5.49. The van der Waals surface area contributed by atoms with Gasteiger partial charge in [-0.25, -0.2) is 0 Å². The van der Waals surface area contributed by atoms with Crippen LogP contribution in [0.1, 0.15) is 18.9 Å². The van der Waals surface area contributed by atoms with Crippen LogP contribution in [0, 0.1) is 12.8 Å². The van der Waals surface area contributed by atoms with Crippen LogP contribution in [0.15, 0.2) is 24.3 Å². The van der Waals surface area contributed by atoms with E-state index in [2.05, 4.69) is 36.1 Å². The molecule has 0 aliphatic carbocycles. The molecule has 20 heavy (non-hydrogen) atoms. The van der Waals surface area contributed by atoms with Crippen LogP contribution in [0.2, 0.25) is 0 Å². The summed E-state index contributed by atoms with van der Waals surface area (Å²) in [5.74, 6) is 0.208. The number of nitrogens with zero attached hydrogens (tertiary/aromatic N) is 2. The number of hydrogen-bond donors (Lipinski definition) is 1. The fraction of sp³-hybridized carbons (Fsp3) is 0.562. The third kappa shape index (κ3) is 3.31. The Balaban J connectivity index is 1.94. The van der Waals surface area contributed by atoms with Crippen LogP contribution in [0.3, 0.4) is 0 Å². The van der Waals surface area contributed by atoms with Crippen molar-refractivity contribution < 1.29 is 4.79 Å². The maximum absolute atomic E-state index is 12.3. The summed E-state index contributed by atoms with van der Waals surface area (Å²) in [4.78, 5) is 16.6. The van der Waals surface area contributed by atoms with Crippen LogP contribution in [-0.4, -0.2) is 43.5 Å². The molecule has 1 aliphatic rings. The fourth-order valence-electron chi connectivity index (χ4n) is 2.71. The molecular formula is C16H25N3O. The van der Waals surface area contributed by atoms with Gasteiger partial charge >= 0.3 is 0 Å². The smallest absolute Gasteiger partial charge is 0.227 e. The van der Waals surface area contributed by atoms with Crippen LogP contribution in [0.25, 0.3) is 0 Å². The van der Waals surface area contributed by atoms with E-state index in [-0.39, 0.29) is 11.8 Å². The van der Waals surface area contributed by atoms with E-state index in [0.29, 0.717) is 6.54 Å². The van der Waals surface area contributed by atoms with Gasteiger partial charge in [0.1, 0.15) is 0 Å². The van der Waals surface area contributed by atoms with Crippen LogP contribution < -0.4 is 10.6 Å². The summed E-state index contributed by atoms with van der Waals surface area (Å²) in [6.07, 6.45) is 0.827. The highest BCUT2D eigenvalue weighted by Gasteiger charge is 2.25. The SMILES string of the molecule is CCC(CN)C(=O)N1CCN(c2cccc(C)c2)CC1. The van der Waals surface area contributed by atoms with Crippen molar-refractivity contribution in [3.8, 4) is 0 Å². The zero-order valence-corrected chi connectivity index (χ0v) is 12.5. The van der Waals surface area contributed by atoms with Crippen molar-refractivity contribution in [3.05, 3.63) is 29.8 Å². The lowest BCUT2D eigenvalue weighted by atomic mass is 10.0. The third-order valence-corrected chi connectivity index (χ3v) is 4.08. The van der Waals surface area contributed by atoms with Crippen molar-refractivity contribution >= 4 is 11.6 Å². The number of benzene rings is 1. The Labute approximate surface area is 121 Å². The minimum Gasteiger partial charge on any atom is -0.368 e. The monoisotopic (exact) mass is 275 g/mol. The molecule has 1 atom stereocenters. The largest absolute Gasteiger partial charge is 0.368 e. The first-order valence-corrected chi connectivity index (χ1v) is 7.46. The normalized spacial score (nSPS) is 17.1. The molecule has 0 spiro atoms. The Morgan fingerprint density at radius 2 is 2.00 bits per heavy atom. The van der Waals surface area contributed by atoms with Crippen molar-refractivity contribution in [1.82, 2.24) is 4.90 Å². The van der Waals surface area contributed by atoms with Gasteiger partial charge in [-0.2, -0.15) is 0 Å². The van der Waals surface area contributed by atoms with Crippen molar-refractivity contribution in [2.45, 2.75) is 20.3 Å². The van der Waals surface area contributed by atoms with Crippen LogP contribution >= 0.6 is 0 Å². The first kappa shape index (κ1) is 14.9. The molecular weight excluding hydrogens is 250 g/mol. The number of piperazine rings is 1.